The molecule has 0 spiro atoms. The number of nitrogens with one attached hydrogen (secondary N) is 1. The minimum absolute atomic E-state index is 0.515. The van der Waals surface area contributed by atoms with Crippen LogP contribution in [0, 0.1) is 6.92 Å². The van der Waals surface area contributed by atoms with Crippen LogP contribution in [0.1, 0.15) is 49.4 Å². The number of amidine groups is 1. The smallest absolute Gasteiger partial charge is 0.173 e. The normalized spacial score (nSPS) is 11.8. The van der Waals surface area contributed by atoms with Gasteiger partial charge in [0.25, 0.3) is 0 Å². The number of methoxy groups -OCH3 is 1. The van der Waals surface area contributed by atoms with Gasteiger partial charge in [-0.2, -0.15) is 5.10 Å². The zero-order chi connectivity index (χ0) is 27.6. The number of hydrazone groups is 1. The number of benzene rings is 3. The van der Waals surface area contributed by atoms with Crippen molar-refractivity contribution in [3.8, 4) is 11.5 Å². The average Bonchev–Trinajstić information content (AvgIpc) is 2.94. The molecule has 1 N–H and O–H groups in total. The number of fused-ring (bicyclic) bond motifs is 1. The van der Waals surface area contributed by atoms with E-state index < -0.39 is 0 Å². The predicted molar refractivity (Wildman–Crippen MR) is 168 cm³/mol. The van der Waals surface area contributed by atoms with Crippen LogP contribution >= 0.6 is 31.9 Å². The lowest BCUT2D eigenvalue weighted by Crippen LogP contribution is -2.20. The van der Waals surface area contributed by atoms with E-state index in [0.29, 0.717) is 23.9 Å². The van der Waals surface area contributed by atoms with Crippen molar-refractivity contribution in [3.63, 3.8) is 0 Å². The Kier molecular flexibility index (Phi) is 10.5. The van der Waals surface area contributed by atoms with Crippen molar-refractivity contribution in [2.75, 3.05) is 13.7 Å². The van der Waals surface area contributed by atoms with Gasteiger partial charge >= 0.3 is 0 Å². The number of nitrogens with zero attached hydrogens (tertiary/aromatic N) is 3. The quantitative estimate of drug-likeness (QED) is 0.0762. The molecule has 4 rings (SSSR count). The molecule has 39 heavy (non-hydrogen) atoms. The van der Waals surface area contributed by atoms with E-state index in [0.717, 1.165) is 48.8 Å². The molecular weight excluding hydrogens is 620 g/mol. The summed E-state index contributed by atoms with van der Waals surface area (Å²) in [5.41, 5.74) is 7.40. The zero-order valence-corrected chi connectivity index (χ0v) is 25.5. The predicted octanol–water partition coefficient (Wildman–Crippen LogP) is 8.74. The summed E-state index contributed by atoms with van der Waals surface area (Å²) in [4.78, 5) is 9.73. The molecule has 0 bridgehead atoms. The van der Waals surface area contributed by atoms with Crippen LogP contribution in [-0.2, 0) is 0 Å². The Balaban J connectivity index is 1.59. The molecule has 0 aliphatic heterocycles. The Morgan fingerprint density at radius 3 is 2.51 bits per heavy atom. The highest BCUT2D eigenvalue weighted by Gasteiger charge is 2.11. The van der Waals surface area contributed by atoms with Crippen LogP contribution in [0.3, 0.4) is 0 Å². The highest BCUT2D eigenvalue weighted by Crippen LogP contribution is 2.35. The van der Waals surface area contributed by atoms with E-state index in [2.05, 4.69) is 49.3 Å². The molecule has 0 unspecified atom stereocenters. The van der Waals surface area contributed by atoms with Crippen LogP contribution in [0.4, 0.5) is 5.69 Å². The third-order valence-electron chi connectivity index (χ3n) is 6.05. The third kappa shape index (κ3) is 7.90. The Morgan fingerprint density at radius 2 is 1.74 bits per heavy atom. The van der Waals surface area contributed by atoms with Crippen molar-refractivity contribution >= 4 is 60.5 Å². The molecule has 0 aliphatic carbocycles. The first-order chi connectivity index (χ1) is 19.0. The second-order valence-corrected chi connectivity index (χ2v) is 10.8. The maximum Gasteiger partial charge on any atom is 0.173 e. The molecule has 1 heterocycles. The first-order valence-electron chi connectivity index (χ1n) is 13.0. The van der Waals surface area contributed by atoms with Gasteiger partial charge in [0.1, 0.15) is 5.69 Å². The van der Waals surface area contributed by atoms with Gasteiger partial charge in [-0.25, -0.2) is 9.98 Å². The highest BCUT2D eigenvalue weighted by molar-refractivity contribution is 9.11. The zero-order valence-electron chi connectivity index (χ0n) is 22.4. The monoisotopic (exact) mass is 650 g/mol. The summed E-state index contributed by atoms with van der Waals surface area (Å²) in [6.45, 7) is 4.91. The van der Waals surface area contributed by atoms with Gasteiger partial charge in [-0.3, -0.25) is 5.43 Å². The molecule has 6 nitrogen and oxygen atoms in total. The summed E-state index contributed by atoms with van der Waals surface area (Å²) < 4.78 is 13.2. The Labute approximate surface area is 246 Å². The van der Waals surface area contributed by atoms with Crippen LogP contribution in [0.5, 0.6) is 11.5 Å². The summed E-state index contributed by atoms with van der Waals surface area (Å²) in [6.07, 6.45) is 6.35. The minimum atomic E-state index is 0.515. The van der Waals surface area contributed by atoms with Gasteiger partial charge in [0.15, 0.2) is 17.3 Å². The topological polar surface area (TPSA) is 68.1 Å². The van der Waals surface area contributed by atoms with Crippen molar-refractivity contribution in [1.82, 2.24) is 10.4 Å². The summed E-state index contributed by atoms with van der Waals surface area (Å²) in [7, 11) is 1.64. The second kappa shape index (κ2) is 14.2. The van der Waals surface area contributed by atoms with Crippen LogP contribution in [0.2, 0.25) is 0 Å². The summed E-state index contributed by atoms with van der Waals surface area (Å²) in [5, 5.41) is 5.56. The summed E-state index contributed by atoms with van der Waals surface area (Å²) >= 11 is 7.29. The molecular formula is C31H32Br2N4O2. The maximum absolute atomic E-state index is 5.94. The van der Waals surface area contributed by atoms with E-state index in [1.165, 1.54) is 19.3 Å². The number of aliphatic imine (C=N–C) groups is 1. The number of ether oxygens (including phenoxy) is 2. The molecule has 3 aromatic carbocycles. The molecule has 0 saturated carbocycles. The molecule has 0 fully saturated rings. The Bertz CT molecular complexity index is 1460. The fourth-order valence-corrected chi connectivity index (χ4v) is 5.60. The van der Waals surface area contributed by atoms with Crippen LogP contribution < -0.4 is 14.9 Å². The molecule has 4 aromatic rings. The number of aromatic nitrogens is 1. The maximum atomic E-state index is 5.94. The fourth-order valence-electron chi connectivity index (χ4n) is 4.01. The van der Waals surface area contributed by atoms with Gasteiger partial charge < -0.3 is 9.47 Å². The molecule has 0 saturated heterocycles. The van der Waals surface area contributed by atoms with Gasteiger partial charge in [-0.05, 0) is 98.8 Å². The first-order valence-corrected chi connectivity index (χ1v) is 14.6. The molecule has 0 aliphatic rings. The number of unbranched alkanes of at least 4 members (excludes halogenated alkanes) is 3. The number of hydrogen-bond donors (Lipinski definition) is 1. The first kappa shape index (κ1) is 28.8. The van der Waals surface area contributed by atoms with E-state index in [1.807, 2.05) is 73.7 Å². The number of halogens is 2. The van der Waals surface area contributed by atoms with E-state index >= 15 is 0 Å². The second-order valence-electron chi connectivity index (χ2n) is 9.12. The largest absolute Gasteiger partial charge is 0.493 e. The van der Waals surface area contributed by atoms with Crippen molar-refractivity contribution in [2.45, 2.75) is 39.5 Å². The number of pyridine rings is 1. The molecule has 202 valence electrons. The van der Waals surface area contributed by atoms with Crippen LogP contribution in [0.15, 0.2) is 85.8 Å². The van der Waals surface area contributed by atoms with Gasteiger partial charge in [0.2, 0.25) is 0 Å². The summed E-state index contributed by atoms with van der Waals surface area (Å²) in [6, 6.07) is 21.8. The lowest BCUT2D eigenvalue weighted by atomic mass is 10.2. The summed E-state index contributed by atoms with van der Waals surface area (Å²) in [5.74, 6) is 1.92. The van der Waals surface area contributed by atoms with Crippen molar-refractivity contribution in [1.29, 1.82) is 0 Å². The van der Waals surface area contributed by atoms with Gasteiger partial charge in [0, 0.05) is 14.3 Å². The van der Waals surface area contributed by atoms with Gasteiger partial charge in [-0.1, -0.05) is 50.5 Å². The third-order valence-corrected chi connectivity index (χ3v) is 7.26. The lowest BCUT2D eigenvalue weighted by Gasteiger charge is -2.11. The van der Waals surface area contributed by atoms with Crippen molar-refractivity contribution in [3.05, 3.63) is 92.5 Å². The SMILES string of the molecule is CCCCCCOc1ccc(C=NNC(=Nc2c(Br)cc(C)cc2Br)c2ccc3ccccc3n2)cc1OC. The van der Waals surface area contributed by atoms with Gasteiger partial charge in [0.05, 0.1) is 31.1 Å². The van der Waals surface area contributed by atoms with E-state index in [9.17, 15) is 0 Å². The highest BCUT2D eigenvalue weighted by atomic mass is 79.9. The van der Waals surface area contributed by atoms with Crippen LogP contribution in [-0.4, -0.2) is 30.8 Å². The fraction of sp³-hybridized carbons (Fsp3) is 0.258. The van der Waals surface area contributed by atoms with Gasteiger partial charge in [-0.15, -0.1) is 0 Å². The molecule has 1 aromatic heterocycles. The van der Waals surface area contributed by atoms with Crippen molar-refractivity contribution < 1.29 is 9.47 Å². The number of rotatable bonds is 11. The lowest BCUT2D eigenvalue weighted by molar-refractivity contribution is 0.285. The molecule has 0 radical (unpaired) electrons. The number of para-hydroxylation sites is 1. The molecule has 0 atom stereocenters. The average molecular weight is 652 g/mol. The Morgan fingerprint density at radius 1 is 0.949 bits per heavy atom. The number of hydrogen-bond acceptors (Lipinski definition) is 5. The Hall–Kier alpha value is -3.23. The molecule has 0 amide bonds. The minimum Gasteiger partial charge on any atom is -0.493 e. The van der Waals surface area contributed by atoms with E-state index in [-0.39, 0.29) is 0 Å². The van der Waals surface area contributed by atoms with E-state index in [4.69, 9.17) is 19.5 Å². The number of aryl methyl sites for hydroxylation is 1. The van der Waals surface area contributed by atoms with Crippen molar-refractivity contribution in [2.24, 2.45) is 10.1 Å². The van der Waals surface area contributed by atoms with E-state index in [1.54, 1.807) is 13.3 Å². The van der Waals surface area contributed by atoms with Crippen LogP contribution in [0.25, 0.3) is 10.9 Å². The molecule has 8 heteroatoms. The standard InChI is InChI=1S/C31H32Br2N4O2/c1-4-5-6-9-16-39-28-15-12-22(19-29(28)38-3)20-34-37-31(36-30-24(32)17-21(2)18-25(30)33)27-14-13-23-10-7-8-11-26(23)35-27/h7-8,10-15,17-20H,4-6,9,16H2,1-3H3,(H,36,37).